The third-order valence-corrected chi connectivity index (χ3v) is 4.04. The van der Waals surface area contributed by atoms with Gasteiger partial charge in [-0.3, -0.25) is 14.5 Å². The molecule has 0 radical (unpaired) electrons. The first kappa shape index (κ1) is 16.6. The summed E-state index contributed by atoms with van der Waals surface area (Å²) in [4.78, 5) is 34.9. The van der Waals surface area contributed by atoms with Crippen molar-refractivity contribution < 1.29 is 4.79 Å². The molecule has 7 nitrogen and oxygen atoms in total. The van der Waals surface area contributed by atoms with Crippen molar-refractivity contribution in [2.24, 2.45) is 0 Å². The predicted octanol–water partition coefficient (Wildman–Crippen LogP) is -0.627. The molecule has 0 spiro atoms. The maximum atomic E-state index is 12.2. The van der Waals surface area contributed by atoms with Gasteiger partial charge in [0.15, 0.2) is 0 Å². The molecule has 1 aliphatic rings. The molecule has 0 bridgehead atoms. The molecule has 2 N–H and O–H groups in total. The van der Waals surface area contributed by atoms with Gasteiger partial charge < -0.3 is 15.2 Å². The zero-order valence-electron chi connectivity index (χ0n) is 13.6. The van der Waals surface area contributed by atoms with Crippen LogP contribution in [0, 0.1) is 6.92 Å². The number of nitrogens with zero attached hydrogens (tertiary/aromatic N) is 3. The van der Waals surface area contributed by atoms with Crippen LogP contribution >= 0.6 is 0 Å². The van der Waals surface area contributed by atoms with Crippen molar-refractivity contribution in [1.82, 2.24) is 25.1 Å². The smallest absolute Gasteiger partial charge is 0.251 e. The number of amides is 1. The lowest BCUT2D eigenvalue weighted by Gasteiger charge is -2.35. The van der Waals surface area contributed by atoms with Gasteiger partial charge in [-0.2, -0.15) is 0 Å². The fourth-order valence-corrected chi connectivity index (χ4v) is 2.59. The number of aromatic nitrogens is 2. The molecule has 1 atom stereocenters. The number of piperazine rings is 1. The van der Waals surface area contributed by atoms with Crippen LogP contribution in [0.3, 0.4) is 0 Å². The fourth-order valence-electron chi connectivity index (χ4n) is 2.59. The summed E-state index contributed by atoms with van der Waals surface area (Å²) in [6.07, 6.45) is 0.526. The van der Waals surface area contributed by atoms with Gasteiger partial charge in [-0.15, -0.1) is 0 Å². The van der Waals surface area contributed by atoms with Gasteiger partial charge in [-0.05, 0) is 20.9 Å². The van der Waals surface area contributed by atoms with Crippen LogP contribution in [-0.2, 0) is 11.2 Å². The average Bonchev–Trinajstić information content (AvgIpc) is 2.46. The maximum absolute atomic E-state index is 12.2. The molecular weight excluding hydrogens is 282 g/mol. The normalized spacial score (nSPS) is 18.1. The molecular formula is C15H25N5O2. The molecule has 1 aromatic heterocycles. The summed E-state index contributed by atoms with van der Waals surface area (Å²) in [5, 5.41) is 2.92. The number of carbonyl (C=O) groups is 1. The predicted molar refractivity (Wildman–Crippen MR) is 84.8 cm³/mol. The van der Waals surface area contributed by atoms with E-state index in [0.717, 1.165) is 26.2 Å². The average molecular weight is 307 g/mol. The molecule has 1 amide bonds. The zero-order chi connectivity index (χ0) is 16.1. The molecule has 22 heavy (non-hydrogen) atoms. The largest absolute Gasteiger partial charge is 0.354 e. The van der Waals surface area contributed by atoms with Gasteiger partial charge in [0.1, 0.15) is 5.82 Å². The highest BCUT2D eigenvalue weighted by Gasteiger charge is 2.23. The van der Waals surface area contributed by atoms with Crippen LogP contribution < -0.4 is 10.9 Å². The standard InChI is InChI=1S/C15H25N5O2/c1-11-10-14(21)18-13(17-11)4-5-16-15(22)12(2)20-8-6-19(3)7-9-20/h10,12H,4-9H2,1-3H3,(H,16,22)(H,17,18,21)/t12-/m0/s1. The summed E-state index contributed by atoms with van der Waals surface area (Å²) in [7, 11) is 2.09. The van der Waals surface area contributed by atoms with Crippen molar-refractivity contribution in [3.05, 3.63) is 27.9 Å². The van der Waals surface area contributed by atoms with E-state index in [0.29, 0.717) is 24.5 Å². The third kappa shape index (κ3) is 4.64. The second-order valence-electron chi connectivity index (χ2n) is 5.89. The SMILES string of the molecule is Cc1cc(=O)[nH]c(CCNC(=O)[C@H](C)N2CCN(C)CC2)n1. The summed E-state index contributed by atoms with van der Waals surface area (Å²) in [5.74, 6) is 0.636. The van der Waals surface area contributed by atoms with Crippen LogP contribution in [0.4, 0.5) is 0 Å². The van der Waals surface area contributed by atoms with Crippen molar-refractivity contribution in [2.45, 2.75) is 26.3 Å². The Morgan fingerprint density at radius 1 is 1.41 bits per heavy atom. The minimum absolute atomic E-state index is 0.0274. The summed E-state index contributed by atoms with van der Waals surface area (Å²) < 4.78 is 0. The lowest BCUT2D eigenvalue weighted by atomic mass is 10.2. The molecule has 1 fully saturated rings. The van der Waals surface area contributed by atoms with Crippen LogP contribution in [0.15, 0.2) is 10.9 Å². The van der Waals surface area contributed by atoms with Crippen molar-refractivity contribution in [3.8, 4) is 0 Å². The molecule has 2 heterocycles. The van der Waals surface area contributed by atoms with Gasteiger partial charge >= 0.3 is 0 Å². The first-order valence-corrected chi connectivity index (χ1v) is 7.73. The van der Waals surface area contributed by atoms with Crippen molar-refractivity contribution in [2.75, 3.05) is 39.8 Å². The van der Waals surface area contributed by atoms with E-state index in [1.807, 2.05) is 6.92 Å². The van der Waals surface area contributed by atoms with E-state index in [9.17, 15) is 9.59 Å². The molecule has 0 aromatic carbocycles. The first-order valence-electron chi connectivity index (χ1n) is 7.73. The molecule has 7 heteroatoms. The minimum Gasteiger partial charge on any atom is -0.354 e. The maximum Gasteiger partial charge on any atom is 0.251 e. The highest BCUT2D eigenvalue weighted by atomic mass is 16.2. The minimum atomic E-state index is -0.153. The molecule has 0 saturated carbocycles. The van der Waals surface area contributed by atoms with Crippen LogP contribution in [0.5, 0.6) is 0 Å². The van der Waals surface area contributed by atoms with Gasteiger partial charge in [-0.1, -0.05) is 0 Å². The van der Waals surface area contributed by atoms with Crippen LogP contribution in [0.2, 0.25) is 0 Å². The first-order chi connectivity index (χ1) is 10.5. The quantitative estimate of drug-likeness (QED) is 0.757. The highest BCUT2D eigenvalue weighted by molar-refractivity contribution is 5.81. The molecule has 0 unspecified atom stereocenters. The van der Waals surface area contributed by atoms with Gasteiger partial charge in [0.25, 0.3) is 5.56 Å². The Bertz CT molecular complexity index is 563. The number of likely N-dealkylation sites (N-methyl/N-ethyl adjacent to an activating group) is 1. The molecule has 2 rings (SSSR count). The van der Waals surface area contributed by atoms with E-state index in [1.165, 1.54) is 6.07 Å². The highest BCUT2D eigenvalue weighted by Crippen LogP contribution is 2.04. The van der Waals surface area contributed by atoms with E-state index in [2.05, 4.69) is 32.1 Å². The van der Waals surface area contributed by atoms with Gasteiger partial charge in [0, 0.05) is 50.9 Å². The summed E-state index contributed by atoms with van der Waals surface area (Å²) in [5.41, 5.74) is 0.538. The zero-order valence-corrected chi connectivity index (χ0v) is 13.6. The number of aryl methyl sites for hydroxylation is 1. The number of nitrogens with one attached hydrogen (secondary N) is 2. The molecule has 1 aromatic rings. The Hall–Kier alpha value is -1.73. The molecule has 122 valence electrons. The monoisotopic (exact) mass is 307 g/mol. The van der Waals surface area contributed by atoms with E-state index in [1.54, 1.807) is 6.92 Å². The Kier molecular flexibility index (Phi) is 5.68. The summed E-state index contributed by atoms with van der Waals surface area (Å²) >= 11 is 0. The van der Waals surface area contributed by atoms with E-state index in [4.69, 9.17) is 0 Å². The van der Waals surface area contributed by atoms with Gasteiger partial charge in [0.2, 0.25) is 5.91 Å². The Balaban J connectivity index is 1.78. The second kappa shape index (κ2) is 7.51. The Morgan fingerprint density at radius 2 is 2.09 bits per heavy atom. The number of rotatable bonds is 5. The van der Waals surface area contributed by atoms with Crippen LogP contribution in [-0.4, -0.2) is 71.5 Å². The molecule has 1 saturated heterocycles. The van der Waals surface area contributed by atoms with Crippen LogP contribution in [0.25, 0.3) is 0 Å². The molecule has 0 aliphatic carbocycles. The lowest BCUT2D eigenvalue weighted by Crippen LogP contribution is -2.53. The number of hydrogen-bond acceptors (Lipinski definition) is 5. The number of aromatic amines is 1. The second-order valence-corrected chi connectivity index (χ2v) is 5.89. The van der Waals surface area contributed by atoms with E-state index in [-0.39, 0.29) is 17.5 Å². The third-order valence-electron chi connectivity index (χ3n) is 4.04. The van der Waals surface area contributed by atoms with Crippen LogP contribution in [0.1, 0.15) is 18.4 Å². The van der Waals surface area contributed by atoms with Gasteiger partial charge in [0.05, 0.1) is 6.04 Å². The van der Waals surface area contributed by atoms with E-state index >= 15 is 0 Å². The number of carbonyl (C=O) groups excluding carboxylic acids is 1. The Labute approximate surface area is 130 Å². The topological polar surface area (TPSA) is 81.3 Å². The molecule has 1 aliphatic heterocycles. The summed E-state index contributed by atoms with van der Waals surface area (Å²) in [6.45, 7) is 8.01. The van der Waals surface area contributed by atoms with Crippen molar-refractivity contribution in [3.63, 3.8) is 0 Å². The van der Waals surface area contributed by atoms with Crippen molar-refractivity contribution in [1.29, 1.82) is 0 Å². The number of hydrogen-bond donors (Lipinski definition) is 2. The Morgan fingerprint density at radius 3 is 2.73 bits per heavy atom. The summed E-state index contributed by atoms with van der Waals surface area (Å²) in [6, 6.07) is 1.33. The lowest BCUT2D eigenvalue weighted by molar-refractivity contribution is -0.126. The van der Waals surface area contributed by atoms with Crippen molar-refractivity contribution >= 4 is 5.91 Å². The number of H-pyrrole nitrogens is 1. The fraction of sp³-hybridized carbons (Fsp3) is 0.667. The van der Waals surface area contributed by atoms with Gasteiger partial charge in [-0.25, -0.2) is 4.98 Å². The van der Waals surface area contributed by atoms with E-state index < -0.39 is 0 Å².